The number of aromatic nitrogens is 1. The molecule has 0 aliphatic carbocycles. The van der Waals surface area contributed by atoms with E-state index in [2.05, 4.69) is 29.4 Å². The molecule has 0 unspecified atom stereocenters. The number of carbonyl (C=O) groups excluding carboxylic acids is 1. The Kier molecular flexibility index (Phi) is 4.29. The number of benzene rings is 2. The number of carbonyl (C=O) groups is 1. The lowest BCUT2D eigenvalue weighted by Crippen LogP contribution is -2.10. The lowest BCUT2D eigenvalue weighted by atomic mass is 10.1. The Hall–Kier alpha value is -2.21. The van der Waals surface area contributed by atoms with Crippen molar-refractivity contribution in [2.24, 2.45) is 0 Å². The Balaban J connectivity index is 1.64. The van der Waals surface area contributed by atoms with Crippen LogP contribution in [0.2, 0.25) is 5.02 Å². The van der Waals surface area contributed by atoms with Gasteiger partial charge >= 0.3 is 0 Å². The molecule has 0 spiro atoms. The van der Waals surface area contributed by atoms with Crippen LogP contribution in [0.5, 0.6) is 0 Å². The first-order chi connectivity index (χ1) is 12.1. The van der Waals surface area contributed by atoms with Gasteiger partial charge in [0.15, 0.2) is 0 Å². The summed E-state index contributed by atoms with van der Waals surface area (Å²) >= 11 is 9.20. The first kappa shape index (κ1) is 16.3. The summed E-state index contributed by atoms with van der Waals surface area (Å²) in [7, 11) is 0. The predicted molar refractivity (Wildman–Crippen MR) is 107 cm³/mol. The van der Waals surface area contributed by atoms with Crippen molar-refractivity contribution < 1.29 is 4.79 Å². The van der Waals surface area contributed by atoms with E-state index in [9.17, 15) is 4.79 Å². The molecule has 6 heteroatoms. The third-order valence-corrected chi connectivity index (χ3v) is 6.13. The Morgan fingerprint density at radius 3 is 2.84 bits per heavy atom. The van der Waals surface area contributed by atoms with Gasteiger partial charge in [-0.05, 0) is 54.4 Å². The monoisotopic (exact) mass is 384 g/mol. The molecule has 0 aliphatic rings. The predicted octanol–water partition coefficient (Wildman–Crippen LogP) is 6.24. The van der Waals surface area contributed by atoms with Crippen molar-refractivity contribution in [3.8, 4) is 10.4 Å². The van der Waals surface area contributed by atoms with Gasteiger partial charge in [0.1, 0.15) is 0 Å². The van der Waals surface area contributed by atoms with Gasteiger partial charge in [-0.1, -0.05) is 23.7 Å². The van der Waals surface area contributed by atoms with Crippen molar-refractivity contribution in [3.63, 3.8) is 0 Å². The minimum absolute atomic E-state index is 0.156. The summed E-state index contributed by atoms with van der Waals surface area (Å²) in [5.74, 6) is -0.156. The summed E-state index contributed by atoms with van der Waals surface area (Å²) in [6, 6.07) is 15.3. The minimum Gasteiger partial charge on any atom is -0.320 e. The summed E-state index contributed by atoms with van der Waals surface area (Å²) in [6.45, 7) is 2.08. The smallest absolute Gasteiger partial charge is 0.265 e. The quantitative estimate of drug-likeness (QED) is 0.454. The minimum atomic E-state index is -0.156. The van der Waals surface area contributed by atoms with Crippen LogP contribution >= 0.6 is 34.3 Å². The number of thiophene rings is 1. The zero-order valence-electron chi connectivity index (χ0n) is 13.2. The topological polar surface area (TPSA) is 42.0 Å². The van der Waals surface area contributed by atoms with Crippen molar-refractivity contribution in [3.05, 3.63) is 69.5 Å². The molecule has 2 aromatic carbocycles. The van der Waals surface area contributed by atoms with E-state index in [1.54, 1.807) is 23.5 Å². The molecule has 2 aromatic heterocycles. The van der Waals surface area contributed by atoms with Crippen molar-refractivity contribution >= 4 is 56.1 Å². The summed E-state index contributed by atoms with van der Waals surface area (Å²) in [5.41, 5.74) is 5.74. The zero-order valence-corrected chi connectivity index (χ0v) is 15.6. The Morgan fingerprint density at radius 2 is 2.00 bits per heavy atom. The number of halogens is 1. The Morgan fingerprint density at radius 1 is 1.16 bits per heavy atom. The molecule has 4 rings (SSSR count). The highest BCUT2D eigenvalue weighted by Crippen LogP contribution is 2.34. The van der Waals surface area contributed by atoms with Crippen LogP contribution in [-0.2, 0) is 0 Å². The van der Waals surface area contributed by atoms with E-state index in [1.807, 2.05) is 29.8 Å². The highest BCUT2D eigenvalue weighted by atomic mass is 35.5. The van der Waals surface area contributed by atoms with E-state index in [0.29, 0.717) is 15.6 Å². The number of amides is 1. The molecule has 0 fully saturated rings. The third-order valence-electron chi connectivity index (χ3n) is 3.89. The second kappa shape index (κ2) is 6.59. The average molecular weight is 385 g/mol. The number of para-hydroxylation sites is 1. The standard InChI is InChI=1S/C19H13ClN2OS2/c1-11-8-18-15(21-10-24-18)9-12(11)16-6-7-17(25-16)19(23)22-14-5-3-2-4-13(14)20/h2-10H,1H3,(H,22,23). The summed E-state index contributed by atoms with van der Waals surface area (Å²) in [5, 5.41) is 3.39. The molecule has 124 valence electrons. The van der Waals surface area contributed by atoms with Crippen LogP contribution < -0.4 is 5.32 Å². The van der Waals surface area contributed by atoms with Crippen molar-refractivity contribution in [1.29, 1.82) is 0 Å². The van der Waals surface area contributed by atoms with Crippen molar-refractivity contribution in [2.45, 2.75) is 6.92 Å². The summed E-state index contributed by atoms with van der Waals surface area (Å²) < 4.78 is 1.18. The number of thiazole rings is 1. The molecule has 1 amide bonds. The Labute approximate surface area is 157 Å². The SMILES string of the molecule is Cc1cc2scnc2cc1-c1ccc(C(=O)Nc2ccccc2Cl)s1. The highest BCUT2D eigenvalue weighted by molar-refractivity contribution is 7.17. The molecule has 25 heavy (non-hydrogen) atoms. The fourth-order valence-electron chi connectivity index (χ4n) is 2.62. The maximum atomic E-state index is 12.5. The van der Waals surface area contributed by atoms with E-state index in [1.165, 1.54) is 21.6 Å². The van der Waals surface area contributed by atoms with Gasteiger partial charge in [0.25, 0.3) is 5.91 Å². The number of rotatable bonds is 3. The van der Waals surface area contributed by atoms with Gasteiger partial charge in [0.2, 0.25) is 0 Å². The number of anilines is 1. The number of nitrogens with zero attached hydrogens (tertiary/aromatic N) is 1. The number of nitrogens with one attached hydrogen (secondary N) is 1. The number of aryl methyl sites for hydroxylation is 1. The van der Waals surface area contributed by atoms with Crippen LogP contribution in [-0.4, -0.2) is 10.9 Å². The molecule has 0 bridgehead atoms. The lowest BCUT2D eigenvalue weighted by molar-refractivity contribution is 0.103. The molecular formula is C19H13ClN2OS2. The van der Waals surface area contributed by atoms with Gasteiger partial charge in [-0.25, -0.2) is 4.98 Å². The number of hydrogen-bond acceptors (Lipinski definition) is 4. The third kappa shape index (κ3) is 3.18. The zero-order chi connectivity index (χ0) is 17.4. The largest absolute Gasteiger partial charge is 0.320 e. The first-order valence-electron chi connectivity index (χ1n) is 7.62. The maximum Gasteiger partial charge on any atom is 0.265 e. The van der Waals surface area contributed by atoms with Crippen LogP contribution in [0.3, 0.4) is 0 Å². The molecule has 0 saturated heterocycles. The normalized spacial score (nSPS) is 11.0. The molecule has 2 heterocycles. The van der Waals surface area contributed by atoms with Gasteiger partial charge in [-0.3, -0.25) is 4.79 Å². The molecule has 0 radical (unpaired) electrons. The van der Waals surface area contributed by atoms with Crippen LogP contribution in [0.1, 0.15) is 15.2 Å². The second-order valence-corrected chi connectivity index (χ2v) is 7.96. The van der Waals surface area contributed by atoms with E-state index in [-0.39, 0.29) is 5.91 Å². The van der Waals surface area contributed by atoms with Crippen LogP contribution in [0.4, 0.5) is 5.69 Å². The van der Waals surface area contributed by atoms with Crippen LogP contribution in [0.25, 0.3) is 20.7 Å². The summed E-state index contributed by atoms with van der Waals surface area (Å²) in [6.07, 6.45) is 0. The number of fused-ring (bicyclic) bond motifs is 1. The molecule has 0 aliphatic heterocycles. The molecule has 3 nitrogen and oxygen atoms in total. The molecule has 0 atom stereocenters. The number of hydrogen-bond donors (Lipinski definition) is 1. The highest BCUT2D eigenvalue weighted by Gasteiger charge is 2.14. The van der Waals surface area contributed by atoms with E-state index < -0.39 is 0 Å². The molecule has 0 saturated carbocycles. The first-order valence-corrected chi connectivity index (χ1v) is 9.69. The maximum absolute atomic E-state index is 12.5. The van der Waals surface area contributed by atoms with E-state index in [4.69, 9.17) is 11.6 Å². The van der Waals surface area contributed by atoms with Crippen molar-refractivity contribution in [2.75, 3.05) is 5.32 Å². The average Bonchev–Trinajstić information content (AvgIpc) is 3.24. The van der Waals surface area contributed by atoms with Gasteiger partial charge in [-0.15, -0.1) is 22.7 Å². The lowest BCUT2D eigenvalue weighted by Gasteiger charge is -2.05. The van der Waals surface area contributed by atoms with Gasteiger partial charge in [0.05, 0.1) is 31.3 Å². The van der Waals surface area contributed by atoms with Gasteiger partial charge < -0.3 is 5.32 Å². The second-order valence-electron chi connectivity index (χ2n) is 5.59. The van der Waals surface area contributed by atoms with Crippen LogP contribution in [0, 0.1) is 6.92 Å². The Bertz CT molecular complexity index is 1080. The fourth-order valence-corrected chi connectivity index (χ4v) is 4.54. The van der Waals surface area contributed by atoms with E-state index >= 15 is 0 Å². The van der Waals surface area contributed by atoms with E-state index in [0.717, 1.165) is 16.0 Å². The molecular weight excluding hydrogens is 372 g/mol. The summed E-state index contributed by atoms with van der Waals surface area (Å²) in [4.78, 5) is 18.6. The van der Waals surface area contributed by atoms with Crippen molar-refractivity contribution in [1.82, 2.24) is 4.98 Å². The van der Waals surface area contributed by atoms with Gasteiger partial charge in [0, 0.05) is 4.88 Å². The molecule has 1 N–H and O–H groups in total. The van der Waals surface area contributed by atoms with Gasteiger partial charge in [-0.2, -0.15) is 0 Å². The fraction of sp³-hybridized carbons (Fsp3) is 0.0526. The molecule has 4 aromatic rings. The van der Waals surface area contributed by atoms with Crippen LogP contribution in [0.15, 0.2) is 54.0 Å².